The molecule has 0 bridgehead atoms. The summed E-state index contributed by atoms with van der Waals surface area (Å²) in [6.07, 6.45) is 3.49. The Morgan fingerprint density at radius 2 is 1.59 bits per heavy atom. The van der Waals surface area contributed by atoms with Crippen LogP contribution in [0.3, 0.4) is 0 Å². The Labute approximate surface area is 159 Å². The third-order valence-corrected chi connectivity index (χ3v) is 5.19. The Balaban J connectivity index is 1.39. The lowest BCUT2D eigenvalue weighted by Crippen LogP contribution is -2.49. The average Bonchev–Trinajstić information content (AvgIpc) is 2.75. The maximum absolute atomic E-state index is 12.9. The van der Waals surface area contributed by atoms with Gasteiger partial charge in [0.2, 0.25) is 5.95 Å². The number of likely N-dealkylation sites (N-methyl/N-ethyl adjacent to an activating group) is 1. The molecule has 0 saturated carbocycles. The van der Waals surface area contributed by atoms with E-state index in [1.807, 2.05) is 23.1 Å². The molecule has 2 fully saturated rings. The van der Waals surface area contributed by atoms with Gasteiger partial charge in [0.05, 0.1) is 0 Å². The van der Waals surface area contributed by atoms with Crippen molar-refractivity contribution < 1.29 is 4.79 Å². The molecule has 0 atom stereocenters. The summed E-state index contributed by atoms with van der Waals surface area (Å²) in [5, 5.41) is 0. The SMILES string of the molecule is CN1CCN(c2nccc(C(=O)N3CCN(c4ccccn4)CC3)n2)CC1. The third kappa shape index (κ3) is 4.00. The second-order valence-corrected chi connectivity index (χ2v) is 7.00. The van der Waals surface area contributed by atoms with Crippen LogP contribution in [0.15, 0.2) is 36.7 Å². The van der Waals surface area contributed by atoms with Gasteiger partial charge in [-0.15, -0.1) is 0 Å². The third-order valence-electron chi connectivity index (χ3n) is 5.19. The van der Waals surface area contributed by atoms with Crippen LogP contribution in [0, 0.1) is 0 Å². The van der Waals surface area contributed by atoms with Gasteiger partial charge < -0.3 is 19.6 Å². The lowest BCUT2D eigenvalue weighted by molar-refractivity contribution is 0.0740. The van der Waals surface area contributed by atoms with Crippen LogP contribution in [-0.4, -0.2) is 90.1 Å². The molecule has 8 nitrogen and oxygen atoms in total. The van der Waals surface area contributed by atoms with E-state index in [1.165, 1.54) is 0 Å². The average molecular weight is 367 g/mol. The van der Waals surface area contributed by atoms with E-state index >= 15 is 0 Å². The van der Waals surface area contributed by atoms with E-state index in [1.54, 1.807) is 18.5 Å². The van der Waals surface area contributed by atoms with E-state index in [0.29, 0.717) is 24.7 Å². The first-order valence-corrected chi connectivity index (χ1v) is 9.42. The van der Waals surface area contributed by atoms with Crippen LogP contribution in [0.2, 0.25) is 0 Å². The number of piperazine rings is 2. The molecule has 27 heavy (non-hydrogen) atoms. The number of anilines is 2. The van der Waals surface area contributed by atoms with Crippen molar-refractivity contribution in [2.45, 2.75) is 0 Å². The standard InChI is InChI=1S/C19H25N7O/c1-23-8-10-26(11-9-23)19-21-7-5-16(22-19)18(27)25-14-12-24(13-15-25)17-4-2-3-6-20-17/h2-7H,8-15H2,1H3. The molecule has 8 heteroatoms. The van der Waals surface area contributed by atoms with Gasteiger partial charge in [-0.05, 0) is 25.2 Å². The molecule has 2 saturated heterocycles. The minimum atomic E-state index is -0.0200. The van der Waals surface area contributed by atoms with E-state index in [2.05, 4.69) is 36.7 Å². The topological polar surface area (TPSA) is 68.7 Å². The van der Waals surface area contributed by atoms with Gasteiger partial charge in [-0.1, -0.05) is 6.07 Å². The number of pyridine rings is 1. The van der Waals surface area contributed by atoms with Crippen molar-refractivity contribution in [2.24, 2.45) is 0 Å². The quantitative estimate of drug-likeness (QED) is 0.786. The smallest absolute Gasteiger partial charge is 0.272 e. The van der Waals surface area contributed by atoms with Crippen LogP contribution >= 0.6 is 0 Å². The predicted molar refractivity (Wildman–Crippen MR) is 104 cm³/mol. The number of hydrogen-bond donors (Lipinski definition) is 0. The van der Waals surface area contributed by atoms with Crippen LogP contribution in [0.1, 0.15) is 10.5 Å². The van der Waals surface area contributed by atoms with Crippen molar-refractivity contribution in [3.63, 3.8) is 0 Å². The second kappa shape index (κ2) is 7.87. The fourth-order valence-corrected chi connectivity index (χ4v) is 3.47. The molecule has 0 radical (unpaired) electrons. The second-order valence-electron chi connectivity index (χ2n) is 7.00. The Morgan fingerprint density at radius 3 is 2.30 bits per heavy atom. The van der Waals surface area contributed by atoms with Crippen molar-refractivity contribution in [3.8, 4) is 0 Å². The molecular weight excluding hydrogens is 342 g/mol. The van der Waals surface area contributed by atoms with Gasteiger partial charge in [0, 0.05) is 64.8 Å². The zero-order valence-corrected chi connectivity index (χ0v) is 15.7. The van der Waals surface area contributed by atoms with Crippen LogP contribution < -0.4 is 9.80 Å². The summed E-state index contributed by atoms with van der Waals surface area (Å²) in [5.41, 5.74) is 0.477. The minimum absolute atomic E-state index is 0.0200. The van der Waals surface area contributed by atoms with E-state index in [0.717, 1.165) is 45.1 Å². The Kier molecular flexibility index (Phi) is 5.15. The number of carbonyl (C=O) groups excluding carboxylic acids is 1. The number of nitrogens with zero attached hydrogens (tertiary/aromatic N) is 7. The van der Waals surface area contributed by atoms with Gasteiger partial charge in [0.1, 0.15) is 11.5 Å². The fraction of sp³-hybridized carbons (Fsp3) is 0.474. The van der Waals surface area contributed by atoms with Crippen LogP contribution in [0.25, 0.3) is 0 Å². The summed E-state index contributed by atoms with van der Waals surface area (Å²) >= 11 is 0. The molecule has 4 rings (SSSR count). The minimum Gasteiger partial charge on any atom is -0.353 e. The fourth-order valence-electron chi connectivity index (χ4n) is 3.47. The molecular formula is C19H25N7O. The molecule has 4 heterocycles. The molecule has 0 unspecified atom stereocenters. The van der Waals surface area contributed by atoms with E-state index in [4.69, 9.17) is 0 Å². The first kappa shape index (κ1) is 17.7. The van der Waals surface area contributed by atoms with E-state index in [-0.39, 0.29) is 5.91 Å². The number of amides is 1. The van der Waals surface area contributed by atoms with Gasteiger partial charge in [0.15, 0.2) is 0 Å². The predicted octanol–water partition coefficient (Wildman–Crippen LogP) is 0.586. The number of rotatable bonds is 3. The molecule has 0 aromatic carbocycles. The zero-order valence-electron chi connectivity index (χ0n) is 15.7. The molecule has 1 amide bonds. The molecule has 2 aromatic rings. The molecule has 2 aromatic heterocycles. The zero-order chi connectivity index (χ0) is 18.6. The summed E-state index contributed by atoms with van der Waals surface area (Å²) in [4.78, 5) is 34.7. The lowest BCUT2D eigenvalue weighted by atomic mass is 10.2. The molecule has 0 aliphatic carbocycles. The van der Waals surface area contributed by atoms with Crippen molar-refractivity contribution in [1.29, 1.82) is 0 Å². The number of hydrogen-bond acceptors (Lipinski definition) is 7. The van der Waals surface area contributed by atoms with Crippen molar-refractivity contribution in [3.05, 3.63) is 42.4 Å². The summed E-state index contributed by atoms with van der Waals surface area (Å²) in [6, 6.07) is 7.62. The molecule has 142 valence electrons. The Bertz CT molecular complexity index is 769. The van der Waals surface area contributed by atoms with Gasteiger partial charge in [-0.25, -0.2) is 15.0 Å². The highest BCUT2D eigenvalue weighted by molar-refractivity contribution is 5.92. The maximum atomic E-state index is 12.9. The van der Waals surface area contributed by atoms with E-state index < -0.39 is 0 Å². The Morgan fingerprint density at radius 1 is 0.852 bits per heavy atom. The first-order valence-electron chi connectivity index (χ1n) is 9.42. The molecule has 0 N–H and O–H groups in total. The molecule has 2 aliphatic heterocycles. The summed E-state index contributed by atoms with van der Waals surface area (Å²) in [7, 11) is 2.11. The normalized spacial score (nSPS) is 18.6. The summed E-state index contributed by atoms with van der Waals surface area (Å²) < 4.78 is 0. The van der Waals surface area contributed by atoms with Crippen LogP contribution in [0.4, 0.5) is 11.8 Å². The largest absolute Gasteiger partial charge is 0.353 e. The Hall–Kier alpha value is -2.74. The van der Waals surface area contributed by atoms with Gasteiger partial charge in [0.25, 0.3) is 5.91 Å². The van der Waals surface area contributed by atoms with Crippen molar-refractivity contribution in [1.82, 2.24) is 24.8 Å². The van der Waals surface area contributed by atoms with Crippen LogP contribution in [-0.2, 0) is 0 Å². The van der Waals surface area contributed by atoms with Gasteiger partial charge >= 0.3 is 0 Å². The van der Waals surface area contributed by atoms with Gasteiger partial charge in [-0.3, -0.25) is 4.79 Å². The summed E-state index contributed by atoms with van der Waals surface area (Å²) in [6.45, 7) is 6.63. The van der Waals surface area contributed by atoms with Crippen molar-refractivity contribution >= 4 is 17.7 Å². The molecule has 0 spiro atoms. The highest BCUT2D eigenvalue weighted by Crippen LogP contribution is 2.15. The van der Waals surface area contributed by atoms with Gasteiger partial charge in [-0.2, -0.15) is 0 Å². The van der Waals surface area contributed by atoms with Crippen LogP contribution in [0.5, 0.6) is 0 Å². The van der Waals surface area contributed by atoms with Crippen molar-refractivity contribution in [2.75, 3.05) is 69.2 Å². The highest BCUT2D eigenvalue weighted by Gasteiger charge is 2.25. The molecule has 2 aliphatic rings. The maximum Gasteiger partial charge on any atom is 0.272 e. The number of aromatic nitrogens is 3. The first-order chi connectivity index (χ1) is 13.2. The monoisotopic (exact) mass is 367 g/mol. The summed E-state index contributed by atoms with van der Waals surface area (Å²) in [5.74, 6) is 1.60. The number of carbonyl (C=O) groups is 1. The van der Waals surface area contributed by atoms with E-state index in [9.17, 15) is 4.79 Å². The lowest BCUT2D eigenvalue weighted by Gasteiger charge is -2.35. The highest BCUT2D eigenvalue weighted by atomic mass is 16.2.